The van der Waals surface area contributed by atoms with Gasteiger partial charge in [-0.2, -0.15) is 0 Å². The molecule has 0 N–H and O–H groups in total. The second kappa shape index (κ2) is 13.7. The Labute approximate surface area is 318 Å². The number of para-hydroxylation sites is 2. The molecular formula is C52H42N2. The van der Waals surface area contributed by atoms with Gasteiger partial charge in [0.15, 0.2) is 0 Å². The van der Waals surface area contributed by atoms with Crippen molar-refractivity contribution in [2.45, 2.75) is 26.2 Å². The van der Waals surface area contributed by atoms with E-state index in [0.29, 0.717) is 0 Å². The molecule has 0 unspecified atom stereocenters. The lowest BCUT2D eigenvalue weighted by molar-refractivity contribution is 0.594. The van der Waals surface area contributed by atoms with Gasteiger partial charge in [0.2, 0.25) is 0 Å². The molecule has 9 rings (SSSR count). The van der Waals surface area contributed by atoms with Crippen LogP contribution in [0, 0.1) is 0 Å². The van der Waals surface area contributed by atoms with Crippen LogP contribution in [0.25, 0.3) is 60.9 Å². The summed E-state index contributed by atoms with van der Waals surface area (Å²) in [6, 6.07) is 72.4. The number of anilines is 3. The molecule has 2 nitrogen and oxygen atoms in total. The van der Waals surface area contributed by atoms with Crippen LogP contribution in [-0.2, 0) is 5.41 Å². The molecule has 0 spiro atoms. The first kappa shape index (κ1) is 33.2. The van der Waals surface area contributed by atoms with Gasteiger partial charge in [0.05, 0.1) is 11.0 Å². The fourth-order valence-corrected chi connectivity index (χ4v) is 7.83. The standard InChI is InChI=1S/C52H42N2/c1-52(2,3)49-22-13-21-48-47-20-10-11-23-50(47)54(51(48)49)46-19-12-18-42(36-46)41-28-34-45(35-29-41)53(43-30-24-39(25-31-43)37-14-6-4-7-15-37)44-32-26-40(27-33-44)38-16-8-5-9-17-38/h4-36H,1-3H3. The van der Waals surface area contributed by atoms with Crippen molar-refractivity contribution < 1.29 is 0 Å². The zero-order valence-electron chi connectivity index (χ0n) is 30.9. The van der Waals surface area contributed by atoms with Crippen molar-refractivity contribution >= 4 is 38.9 Å². The molecule has 1 heterocycles. The van der Waals surface area contributed by atoms with Gasteiger partial charge in [-0.25, -0.2) is 0 Å². The molecule has 0 radical (unpaired) electrons. The molecule has 0 bridgehead atoms. The third kappa shape index (κ3) is 6.16. The van der Waals surface area contributed by atoms with Gasteiger partial charge in [0.1, 0.15) is 0 Å². The van der Waals surface area contributed by atoms with E-state index < -0.39 is 0 Å². The molecule has 54 heavy (non-hydrogen) atoms. The predicted octanol–water partition coefficient (Wildman–Crippen LogP) is 14.6. The number of fused-ring (bicyclic) bond motifs is 3. The predicted molar refractivity (Wildman–Crippen MR) is 230 cm³/mol. The largest absolute Gasteiger partial charge is 0.311 e. The molecule has 0 saturated heterocycles. The van der Waals surface area contributed by atoms with E-state index in [0.717, 1.165) is 22.7 Å². The minimum absolute atomic E-state index is 0.00527. The fraction of sp³-hybridized carbons (Fsp3) is 0.0769. The van der Waals surface area contributed by atoms with Crippen molar-refractivity contribution in [1.82, 2.24) is 4.57 Å². The van der Waals surface area contributed by atoms with E-state index in [-0.39, 0.29) is 5.41 Å². The van der Waals surface area contributed by atoms with Crippen LogP contribution < -0.4 is 4.90 Å². The summed E-state index contributed by atoms with van der Waals surface area (Å²) in [6.45, 7) is 6.92. The normalized spacial score (nSPS) is 11.6. The highest BCUT2D eigenvalue weighted by molar-refractivity contribution is 6.10. The molecule has 9 aromatic rings. The lowest BCUT2D eigenvalue weighted by atomic mass is 9.85. The van der Waals surface area contributed by atoms with Gasteiger partial charge in [0.25, 0.3) is 0 Å². The Kier molecular flexibility index (Phi) is 8.44. The summed E-state index contributed by atoms with van der Waals surface area (Å²) >= 11 is 0. The highest BCUT2D eigenvalue weighted by Gasteiger charge is 2.22. The smallest absolute Gasteiger partial charge is 0.0578 e. The van der Waals surface area contributed by atoms with Crippen molar-refractivity contribution in [3.63, 3.8) is 0 Å². The lowest BCUT2D eigenvalue weighted by Crippen LogP contribution is -2.13. The van der Waals surface area contributed by atoms with Crippen LogP contribution in [0.1, 0.15) is 26.3 Å². The summed E-state index contributed by atoms with van der Waals surface area (Å²) in [5.74, 6) is 0. The zero-order chi connectivity index (χ0) is 36.6. The Morgan fingerprint density at radius 2 is 0.796 bits per heavy atom. The summed E-state index contributed by atoms with van der Waals surface area (Å²) in [4.78, 5) is 2.34. The van der Waals surface area contributed by atoms with E-state index in [4.69, 9.17) is 0 Å². The molecule has 0 amide bonds. The monoisotopic (exact) mass is 694 g/mol. The van der Waals surface area contributed by atoms with Crippen molar-refractivity contribution in [2.75, 3.05) is 4.90 Å². The van der Waals surface area contributed by atoms with Gasteiger partial charge in [-0.1, -0.05) is 166 Å². The summed E-state index contributed by atoms with van der Waals surface area (Å²) in [5.41, 5.74) is 15.5. The van der Waals surface area contributed by atoms with Crippen LogP contribution >= 0.6 is 0 Å². The zero-order valence-corrected chi connectivity index (χ0v) is 30.9. The first-order valence-corrected chi connectivity index (χ1v) is 18.8. The minimum Gasteiger partial charge on any atom is -0.311 e. The van der Waals surface area contributed by atoms with E-state index in [9.17, 15) is 0 Å². The van der Waals surface area contributed by atoms with Gasteiger partial charge in [-0.15, -0.1) is 0 Å². The SMILES string of the molecule is CC(C)(C)c1cccc2c3ccccc3n(-c3cccc(-c4ccc(N(c5ccc(-c6ccccc6)cc5)c5ccc(-c6ccccc6)cc5)cc4)c3)c12. The van der Waals surface area contributed by atoms with Crippen molar-refractivity contribution in [3.8, 4) is 39.1 Å². The Balaban J connectivity index is 1.11. The summed E-state index contributed by atoms with van der Waals surface area (Å²) in [6.07, 6.45) is 0. The molecular weight excluding hydrogens is 653 g/mol. The fourth-order valence-electron chi connectivity index (χ4n) is 7.83. The quantitative estimate of drug-likeness (QED) is 0.161. The van der Waals surface area contributed by atoms with Crippen LogP contribution in [0.4, 0.5) is 17.1 Å². The summed E-state index contributed by atoms with van der Waals surface area (Å²) in [7, 11) is 0. The molecule has 0 saturated carbocycles. The van der Waals surface area contributed by atoms with Gasteiger partial charge < -0.3 is 9.47 Å². The maximum absolute atomic E-state index is 2.46. The summed E-state index contributed by atoms with van der Waals surface area (Å²) < 4.78 is 2.46. The Bertz CT molecular complexity index is 2610. The molecule has 2 heteroatoms. The first-order valence-electron chi connectivity index (χ1n) is 18.8. The van der Waals surface area contributed by atoms with E-state index in [1.54, 1.807) is 0 Å². The van der Waals surface area contributed by atoms with Crippen molar-refractivity contribution in [3.05, 3.63) is 206 Å². The number of rotatable bonds is 7. The molecule has 0 fully saturated rings. The molecule has 1 aromatic heterocycles. The minimum atomic E-state index is -0.00527. The highest BCUT2D eigenvalue weighted by Crippen LogP contribution is 2.40. The van der Waals surface area contributed by atoms with Crippen molar-refractivity contribution in [1.29, 1.82) is 0 Å². The number of benzene rings is 8. The van der Waals surface area contributed by atoms with E-state index in [1.165, 1.54) is 60.8 Å². The molecule has 0 aliphatic carbocycles. The van der Waals surface area contributed by atoms with Crippen LogP contribution in [0.2, 0.25) is 0 Å². The van der Waals surface area contributed by atoms with Crippen LogP contribution in [0.5, 0.6) is 0 Å². The number of aromatic nitrogens is 1. The lowest BCUT2D eigenvalue weighted by Gasteiger charge is -2.26. The Morgan fingerprint density at radius 1 is 0.370 bits per heavy atom. The number of hydrogen-bond acceptors (Lipinski definition) is 1. The first-order chi connectivity index (χ1) is 26.4. The van der Waals surface area contributed by atoms with Gasteiger partial charge in [0, 0.05) is 33.5 Å². The Hall–Kier alpha value is -6.64. The third-order valence-electron chi connectivity index (χ3n) is 10.5. The van der Waals surface area contributed by atoms with E-state index in [1.807, 2.05) is 0 Å². The van der Waals surface area contributed by atoms with Crippen LogP contribution in [0.3, 0.4) is 0 Å². The average molecular weight is 695 g/mol. The summed E-state index contributed by atoms with van der Waals surface area (Å²) in [5, 5.41) is 2.57. The molecule has 260 valence electrons. The third-order valence-corrected chi connectivity index (χ3v) is 10.5. The van der Waals surface area contributed by atoms with Gasteiger partial charge in [-0.05, 0) is 99.0 Å². The maximum Gasteiger partial charge on any atom is 0.0578 e. The highest BCUT2D eigenvalue weighted by atomic mass is 15.1. The second-order valence-corrected chi connectivity index (χ2v) is 15.1. The number of hydrogen-bond donors (Lipinski definition) is 0. The second-order valence-electron chi connectivity index (χ2n) is 15.1. The maximum atomic E-state index is 2.46. The molecule has 0 aliphatic rings. The van der Waals surface area contributed by atoms with Crippen LogP contribution in [0.15, 0.2) is 200 Å². The van der Waals surface area contributed by atoms with Crippen LogP contribution in [-0.4, -0.2) is 4.57 Å². The average Bonchev–Trinajstić information content (AvgIpc) is 3.57. The van der Waals surface area contributed by atoms with Gasteiger partial charge >= 0.3 is 0 Å². The topological polar surface area (TPSA) is 8.17 Å². The molecule has 8 aromatic carbocycles. The van der Waals surface area contributed by atoms with Crippen molar-refractivity contribution in [2.24, 2.45) is 0 Å². The Morgan fingerprint density at radius 3 is 1.33 bits per heavy atom. The van der Waals surface area contributed by atoms with E-state index >= 15 is 0 Å². The number of nitrogens with zero attached hydrogens (tertiary/aromatic N) is 2. The molecule has 0 aliphatic heterocycles. The van der Waals surface area contributed by atoms with E-state index in [2.05, 4.69) is 230 Å². The molecule has 0 atom stereocenters. The van der Waals surface area contributed by atoms with Gasteiger partial charge in [-0.3, -0.25) is 0 Å².